The zero-order valence-corrected chi connectivity index (χ0v) is 20.3. The molecule has 2 atom stereocenters. The van der Waals surface area contributed by atoms with E-state index in [1.807, 2.05) is 0 Å². The summed E-state index contributed by atoms with van der Waals surface area (Å²) in [6, 6.07) is 7.59. The van der Waals surface area contributed by atoms with Crippen molar-refractivity contribution in [2.24, 2.45) is 0 Å². The maximum Gasteiger partial charge on any atom is 0.573 e. The highest BCUT2D eigenvalue weighted by Crippen LogP contribution is 2.38. The van der Waals surface area contributed by atoms with Crippen molar-refractivity contribution in [1.82, 2.24) is 5.32 Å². The summed E-state index contributed by atoms with van der Waals surface area (Å²) in [4.78, 5) is 27.3. The maximum absolute atomic E-state index is 15.1. The lowest BCUT2D eigenvalue weighted by atomic mass is 9.92. The molecule has 3 aromatic rings. The fourth-order valence-electron chi connectivity index (χ4n) is 4.26. The number of carbonyl (C=O) groups excluding carboxylic acids is 2. The highest BCUT2D eigenvalue weighted by Gasteiger charge is 2.46. The van der Waals surface area contributed by atoms with E-state index in [0.29, 0.717) is 0 Å². The van der Waals surface area contributed by atoms with E-state index >= 15 is 8.78 Å². The van der Waals surface area contributed by atoms with Gasteiger partial charge in [0.25, 0.3) is 5.91 Å². The van der Waals surface area contributed by atoms with Crippen LogP contribution in [0.2, 0.25) is 0 Å². The van der Waals surface area contributed by atoms with Crippen molar-refractivity contribution in [3.63, 3.8) is 0 Å². The van der Waals surface area contributed by atoms with Gasteiger partial charge >= 0.3 is 6.36 Å². The number of alkyl halides is 3. The minimum atomic E-state index is -4.95. The fourth-order valence-corrected chi connectivity index (χ4v) is 4.26. The van der Waals surface area contributed by atoms with Crippen molar-refractivity contribution in [1.29, 1.82) is 0 Å². The maximum atomic E-state index is 15.1. The van der Waals surface area contributed by atoms with E-state index in [1.54, 1.807) is 0 Å². The highest BCUT2D eigenvalue weighted by atomic mass is 19.4. The number of carbonyl (C=O) groups is 2. The fraction of sp³-hybridized carbons (Fsp3) is 0.231. The van der Waals surface area contributed by atoms with E-state index in [-0.39, 0.29) is 22.7 Å². The summed E-state index contributed by atoms with van der Waals surface area (Å²) in [5.74, 6) is -6.61. The van der Waals surface area contributed by atoms with E-state index in [9.17, 15) is 27.2 Å². The first-order chi connectivity index (χ1) is 18.4. The number of nitrogens with zero attached hydrogens (tertiary/aromatic N) is 1. The third kappa shape index (κ3) is 5.86. The molecule has 4 rings (SSSR count). The Labute approximate surface area is 217 Å². The third-order valence-electron chi connectivity index (χ3n) is 6.05. The van der Waals surface area contributed by atoms with Crippen LogP contribution in [-0.4, -0.2) is 45.0 Å². The molecular formula is C26H20F6N2O5. The standard InChI is InChI=1S/C26H20F6N2O5/c1-37-15-7-8-18(27)21(11-15)34-12-17(22-19(28)9-16(38-2)10-20(22)29)23(25(34)36)33-24(35)13-3-5-14(6-4-13)39-26(30,31)32/h3-11,17,23H,12H2,1-2H3,(H,33,35)/t17-,23?/m0/s1. The number of benzene rings is 3. The Kier molecular flexibility index (Phi) is 7.61. The van der Waals surface area contributed by atoms with Crippen molar-refractivity contribution >= 4 is 17.5 Å². The first-order valence-corrected chi connectivity index (χ1v) is 11.3. The largest absolute Gasteiger partial charge is 0.573 e. The molecular weight excluding hydrogens is 534 g/mol. The topological polar surface area (TPSA) is 77.1 Å². The van der Waals surface area contributed by atoms with E-state index < -0.39 is 65.4 Å². The monoisotopic (exact) mass is 554 g/mol. The van der Waals surface area contributed by atoms with E-state index in [2.05, 4.69) is 10.1 Å². The zero-order valence-electron chi connectivity index (χ0n) is 20.3. The summed E-state index contributed by atoms with van der Waals surface area (Å²) >= 11 is 0. The lowest BCUT2D eigenvalue weighted by molar-refractivity contribution is -0.274. The lowest BCUT2D eigenvalue weighted by Crippen LogP contribution is -2.44. The Morgan fingerprint density at radius 2 is 1.46 bits per heavy atom. The van der Waals surface area contributed by atoms with Crippen molar-refractivity contribution in [3.8, 4) is 17.2 Å². The van der Waals surface area contributed by atoms with Crippen LogP contribution in [0.15, 0.2) is 54.6 Å². The molecule has 1 N–H and O–H groups in total. The SMILES string of the molecule is COc1cc(F)c([C@@H]2CN(c3cc(OC)ccc3F)C(=O)C2NC(=O)c2ccc(OC(F)(F)F)cc2)c(F)c1. The Hall–Kier alpha value is -4.42. The molecule has 1 fully saturated rings. The Morgan fingerprint density at radius 1 is 0.872 bits per heavy atom. The van der Waals surface area contributed by atoms with E-state index in [0.717, 1.165) is 47.4 Å². The molecule has 0 radical (unpaired) electrons. The molecule has 206 valence electrons. The lowest BCUT2D eigenvalue weighted by Gasteiger charge is -2.20. The first-order valence-electron chi connectivity index (χ1n) is 11.3. The van der Waals surface area contributed by atoms with Crippen molar-refractivity contribution in [2.45, 2.75) is 18.3 Å². The minimum absolute atomic E-state index is 0.129. The Balaban J connectivity index is 1.70. The third-order valence-corrected chi connectivity index (χ3v) is 6.05. The van der Waals surface area contributed by atoms with E-state index in [1.165, 1.54) is 26.4 Å². The van der Waals surface area contributed by atoms with Gasteiger partial charge in [0.2, 0.25) is 5.91 Å². The van der Waals surface area contributed by atoms with Crippen LogP contribution < -0.4 is 24.4 Å². The predicted octanol–water partition coefficient (Wildman–Crippen LogP) is 4.95. The molecule has 1 saturated heterocycles. The second-order valence-electron chi connectivity index (χ2n) is 8.40. The van der Waals surface area contributed by atoms with Gasteiger partial charge in [-0.2, -0.15) is 0 Å². The smallest absolute Gasteiger partial charge is 0.497 e. The van der Waals surface area contributed by atoms with Crippen molar-refractivity contribution in [2.75, 3.05) is 25.7 Å². The van der Waals surface area contributed by atoms with Gasteiger partial charge < -0.3 is 24.4 Å². The number of amides is 2. The molecule has 1 aliphatic rings. The molecule has 1 heterocycles. The van der Waals surface area contributed by atoms with Crippen LogP contribution in [-0.2, 0) is 4.79 Å². The van der Waals surface area contributed by atoms with Gasteiger partial charge in [-0.15, -0.1) is 13.2 Å². The summed E-state index contributed by atoms with van der Waals surface area (Å²) in [6.45, 7) is -0.424. The van der Waals surface area contributed by atoms with E-state index in [4.69, 9.17) is 9.47 Å². The van der Waals surface area contributed by atoms with Crippen LogP contribution in [0.3, 0.4) is 0 Å². The zero-order chi connectivity index (χ0) is 28.5. The van der Waals surface area contributed by atoms with Crippen LogP contribution in [0.1, 0.15) is 21.8 Å². The van der Waals surface area contributed by atoms with Gasteiger partial charge in [-0.05, 0) is 36.4 Å². The van der Waals surface area contributed by atoms with Gasteiger partial charge in [-0.1, -0.05) is 0 Å². The molecule has 13 heteroatoms. The number of anilines is 1. The number of rotatable bonds is 7. The molecule has 0 spiro atoms. The number of nitrogens with one attached hydrogen (secondary N) is 1. The predicted molar refractivity (Wildman–Crippen MR) is 125 cm³/mol. The summed E-state index contributed by atoms with van der Waals surface area (Å²) in [6.07, 6.45) is -4.95. The van der Waals surface area contributed by atoms with Gasteiger partial charge in [0.1, 0.15) is 40.7 Å². The minimum Gasteiger partial charge on any atom is -0.497 e. The Bertz CT molecular complexity index is 1370. The van der Waals surface area contributed by atoms with Crippen LogP contribution in [0.25, 0.3) is 0 Å². The Morgan fingerprint density at radius 3 is 2.03 bits per heavy atom. The molecule has 0 aromatic heterocycles. The highest BCUT2D eigenvalue weighted by molar-refractivity contribution is 6.05. The van der Waals surface area contributed by atoms with Crippen LogP contribution in [0, 0.1) is 17.5 Å². The summed E-state index contributed by atoms with van der Waals surface area (Å²) in [5.41, 5.74) is -0.962. The van der Waals surface area contributed by atoms with Crippen LogP contribution >= 0.6 is 0 Å². The van der Waals surface area contributed by atoms with Crippen molar-refractivity contribution < 1.29 is 50.1 Å². The number of hydrogen-bond acceptors (Lipinski definition) is 5. The van der Waals surface area contributed by atoms with Crippen LogP contribution in [0.5, 0.6) is 17.2 Å². The summed E-state index contributed by atoms with van der Waals surface area (Å²) in [5, 5.41) is 2.38. The van der Waals surface area contributed by atoms with Crippen LogP contribution in [0.4, 0.5) is 32.0 Å². The second-order valence-corrected chi connectivity index (χ2v) is 8.40. The van der Waals surface area contributed by atoms with Gasteiger partial charge in [0, 0.05) is 41.8 Å². The molecule has 0 aliphatic carbocycles. The molecule has 3 aromatic carbocycles. The van der Waals surface area contributed by atoms with Gasteiger partial charge in [0.15, 0.2) is 0 Å². The molecule has 0 bridgehead atoms. The molecule has 0 saturated carbocycles. The number of ether oxygens (including phenoxy) is 3. The van der Waals surface area contributed by atoms with Crippen molar-refractivity contribution in [3.05, 3.63) is 83.2 Å². The van der Waals surface area contributed by atoms with Gasteiger partial charge in [-0.3, -0.25) is 9.59 Å². The number of halogens is 6. The van der Waals surface area contributed by atoms with Gasteiger partial charge in [-0.25, -0.2) is 13.2 Å². The number of hydrogen-bond donors (Lipinski definition) is 1. The van der Waals surface area contributed by atoms with Gasteiger partial charge in [0.05, 0.1) is 19.9 Å². The first kappa shape index (κ1) is 27.6. The molecule has 39 heavy (non-hydrogen) atoms. The molecule has 1 aliphatic heterocycles. The normalized spacial score (nSPS) is 17.2. The quantitative estimate of drug-likeness (QED) is 0.419. The molecule has 1 unspecified atom stereocenters. The summed E-state index contributed by atoms with van der Waals surface area (Å²) < 4.78 is 95.9. The second kappa shape index (κ2) is 10.8. The average Bonchev–Trinajstić information content (AvgIpc) is 3.18. The number of methoxy groups -OCH3 is 2. The molecule has 2 amide bonds. The average molecular weight is 554 g/mol. The molecule has 7 nitrogen and oxygen atoms in total. The summed E-state index contributed by atoms with van der Waals surface area (Å²) in [7, 11) is 2.52.